The van der Waals surface area contributed by atoms with Gasteiger partial charge in [0.15, 0.2) is 0 Å². The average molecular weight is 423 g/mol. The summed E-state index contributed by atoms with van der Waals surface area (Å²) in [6.45, 7) is 4.77. The van der Waals surface area contributed by atoms with Gasteiger partial charge in [0, 0.05) is 37.4 Å². The lowest BCUT2D eigenvalue weighted by Gasteiger charge is -2.24. The first kappa shape index (κ1) is 20.5. The van der Waals surface area contributed by atoms with Gasteiger partial charge in [0.1, 0.15) is 0 Å². The van der Waals surface area contributed by atoms with E-state index < -0.39 is 0 Å². The fraction of sp³-hybridized carbons (Fsp3) is 0.333. The molecule has 3 aromatic rings. The zero-order chi connectivity index (χ0) is 21.1. The Kier molecular flexibility index (Phi) is 6.09. The summed E-state index contributed by atoms with van der Waals surface area (Å²) >= 11 is 6.15. The van der Waals surface area contributed by atoms with Crippen molar-refractivity contribution >= 4 is 23.2 Å². The van der Waals surface area contributed by atoms with Crippen LogP contribution >= 0.6 is 11.6 Å². The van der Waals surface area contributed by atoms with Gasteiger partial charge in [0.25, 0.3) is 5.91 Å². The van der Waals surface area contributed by atoms with E-state index in [2.05, 4.69) is 28.2 Å². The lowest BCUT2D eigenvalue weighted by atomic mass is 10.1. The van der Waals surface area contributed by atoms with Crippen LogP contribution in [-0.2, 0) is 13.0 Å². The van der Waals surface area contributed by atoms with Gasteiger partial charge in [-0.05, 0) is 49.1 Å². The lowest BCUT2D eigenvalue weighted by molar-refractivity contribution is 0.0784. The fourth-order valence-corrected chi connectivity index (χ4v) is 4.35. The van der Waals surface area contributed by atoms with Crippen LogP contribution in [0, 0.1) is 0 Å². The highest BCUT2D eigenvalue weighted by Crippen LogP contribution is 2.26. The van der Waals surface area contributed by atoms with Crippen LogP contribution in [0.1, 0.15) is 41.4 Å². The van der Waals surface area contributed by atoms with Crippen molar-refractivity contribution in [2.75, 3.05) is 25.0 Å². The molecule has 1 aromatic heterocycles. The van der Waals surface area contributed by atoms with E-state index in [0.29, 0.717) is 23.6 Å². The number of rotatable bonds is 6. The number of benzene rings is 2. The minimum atomic E-state index is -0.0173. The molecule has 1 fully saturated rings. The first-order valence-electron chi connectivity index (χ1n) is 10.5. The molecule has 0 bridgehead atoms. The summed E-state index contributed by atoms with van der Waals surface area (Å²) in [4.78, 5) is 17.5. The molecule has 0 aliphatic carbocycles. The maximum absolute atomic E-state index is 13.3. The van der Waals surface area contributed by atoms with E-state index in [1.165, 1.54) is 24.1 Å². The third kappa shape index (κ3) is 4.08. The van der Waals surface area contributed by atoms with E-state index >= 15 is 0 Å². The molecule has 1 aliphatic heterocycles. The maximum atomic E-state index is 13.3. The van der Waals surface area contributed by atoms with Crippen molar-refractivity contribution in [3.8, 4) is 5.69 Å². The van der Waals surface area contributed by atoms with Crippen molar-refractivity contribution in [3.63, 3.8) is 0 Å². The summed E-state index contributed by atoms with van der Waals surface area (Å²) in [6.07, 6.45) is 4.83. The van der Waals surface area contributed by atoms with Crippen molar-refractivity contribution < 1.29 is 4.79 Å². The second kappa shape index (κ2) is 8.92. The number of para-hydroxylation sites is 1. The van der Waals surface area contributed by atoms with E-state index in [9.17, 15) is 4.79 Å². The van der Waals surface area contributed by atoms with Crippen LogP contribution in [0.3, 0.4) is 0 Å². The molecular weight excluding hydrogens is 396 g/mol. The molecule has 1 amide bonds. The predicted octanol–water partition coefficient (Wildman–Crippen LogP) is 4.96. The molecule has 4 rings (SSSR count). The first-order valence-corrected chi connectivity index (χ1v) is 10.9. The molecule has 0 atom stereocenters. The van der Waals surface area contributed by atoms with Crippen molar-refractivity contribution in [3.05, 3.63) is 76.6 Å². The topological polar surface area (TPSA) is 41.4 Å². The van der Waals surface area contributed by atoms with Crippen LogP contribution in [0.15, 0.2) is 54.7 Å². The van der Waals surface area contributed by atoms with Gasteiger partial charge in [-0.25, -0.2) is 4.68 Å². The van der Waals surface area contributed by atoms with Crippen LogP contribution in [0.4, 0.5) is 5.69 Å². The van der Waals surface area contributed by atoms with Gasteiger partial charge in [-0.2, -0.15) is 5.10 Å². The second-order valence-electron chi connectivity index (χ2n) is 7.73. The molecule has 0 N–H and O–H groups in total. The van der Waals surface area contributed by atoms with Gasteiger partial charge >= 0.3 is 0 Å². The van der Waals surface area contributed by atoms with Crippen molar-refractivity contribution in [1.29, 1.82) is 0 Å². The Morgan fingerprint density at radius 2 is 1.90 bits per heavy atom. The van der Waals surface area contributed by atoms with Crippen molar-refractivity contribution in [2.45, 2.75) is 32.7 Å². The molecule has 0 unspecified atom stereocenters. The number of amides is 1. The summed E-state index contributed by atoms with van der Waals surface area (Å²) in [5, 5.41) is 5.14. The number of halogens is 1. The Labute approximate surface area is 182 Å². The normalized spacial score (nSPS) is 13.6. The highest BCUT2D eigenvalue weighted by Gasteiger charge is 2.22. The minimum absolute atomic E-state index is 0.0173. The van der Waals surface area contributed by atoms with E-state index in [-0.39, 0.29) is 5.91 Å². The van der Waals surface area contributed by atoms with E-state index in [0.717, 1.165) is 24.5 Å². The number of nitrogens with zero attached hydrogens (tertiary/aromatic N) is 4. The summed E-state index contributed by atoms with van der Waals surface area (Å²) in [5.74, 6) is -0.0173. The number of anilines is 1. The van der Waals surface area contributed by atoms with Gasteiger partial charge in [0.05, 0.1) is 23.1 Å². The van der Waals surface area contributed by atoms with Gasteiger partial charge < -0.3 is 9.80 Å². The zero-order valence-corrected chi connectivity index (χ0v) is 18.3. The average Bonchev–Trinajstić information content (AvgIpc) is 3.43. The monoisotopic (exact) mass is 422 g/mol. The number of carbonyl (C=O) groups excluding carboxylic acids is 1. The van der Waals surface area contributed by atoms with Crippen LogP contribution in [-0.4, -0.2) is 40.7 Å². The molecule has 0 saturated carbocycles. The zero-order valence-electron chi connectivity index (χ0n) is 17.5. The van der Waals surface area contributed by atoms with E-state index in [1.54, 1.807) is 11.1 Å². The Morgan fingerprint density at radius 3 is 2.63 bits per heavy atom. The maximum Gasteiger partial charge on any atom is 0.257 e. The Hall–Kier alpha value is -2.79. The van der Waals surface area contributed by atoms with Crippen molar-refractivity contribution in [1.82, 2.24) is 14.7 Å². The predicted molar refractivity (Wildman–Crippen MR) is 122 cm³/mol. The molecule has 30 heavy (non-hydrogen) atoms. The number of hydrogen-bond acceptors (Lipinski definition) is 3. The van der Waals surface area contributed by atoms with E-state index in [1.807, 2.05) is 49.0 Å². The van der Waals surface area contributed by atoms with Crippen LogP contribution < -0.4 is 4.90 Å². The summed E-state index contributed by atoms with van der Waals surface area (Å²) in [7, 11) is 1.86. The summed E-state index contributed by atoms with van der Waals surface area (Å²) in [5.41, 5.74) is 4.80. The highest BCUT2D eigenvalue weighted by molar-refractivity contribution is 6.30. The third-order valence-corrected chi connectivity index (χ3v) is 5.91. The van der Waals surface area contributed by atoms with Gasteiger partial charge in [-0.3, -0.25) is 4.79 Å². The van der Waals surface area contributed by atoms with Gasteiger partial charge in [-0.15, -0.1) is 0 Å². The number of aromatic nitrogens is 2. The largest absolute Gasteiger partial charge is 0.371 e. The molecule has 1 aliphatic rings. The van der Waals surface area contributed by atoms with Crippen LogP contribution in [0.5, 0.6) is 0 Å². The third-order valence-electron chi connectivity index (χ3n) is 5.68. The minimum Gasteiger partial charge on any atom is -0.371 e. The van der Waals surface area contributed by atoms with Crippen molar-refractivity contribution in [2.24, 2.45) is 0 Å². The summed E-state index contributed by atoms with van der Waals surface area (Å²) < 4.78 is 1.81. The fourth-order valence-electron chi connectivity index (χ4n) is 4.17. The summed E-state index contributed by atoms with van der Waals surface area (Å²) in [6, 6.07) is 15.9. The molecule has 156 valence electrons. The Bertz CT molecular complexity index is 1040. The molecule has 2 heterocycles. The number of hydrogen-bond donors (Lipinski definition) is 0. The quantitative estimate of drug-likeness (QED) is 0.563. The SMILES string of the molecule is CCc1c(C(=O)N(C)Cc2ccccc2N2CCCC2)cnn1-c1cccc(Cl)c1. The molecule has 0 radical (unpaired) electrons. The highest BCUT2D eigenvalue weighted by atomic mass is 35.5. The molecule has 1 saturated heterocycles. The Morgan fingerprint density at radius 1 is 1.13 bits per heavy atom. The second-order valence-corrected chi connectivity index (χ2v) is 8.17. The van der Waals surface area contributed by atoms with Crippen LogP contribution in [0.25, 0.3) is 5.69 Å². The molecule has 0 spiro atoms. The molecule has 6 heteroatoms. The van der Waals surface area contributed by atoms with Gasteiger partial charge in [0.2, 0.25) is 0 Å². The Balaban J connectivity index is 1.58. The molecule has 2 aromatic carbocycles. The standard InChI is InChI=1S/C24H27ClN4O/c1-3-22-21(16-26-29(22)20-11-8-10-19(25)15-20)24(30)27(2)17-18-9-4-5-12-23(18)28-13-6-7-14-28/h4-5,8-12,15-16H,3,6-7,13-14,17H2,1-2H3. The molecular formula is C24H27ClN4O. The molecule has 5 nitrogen and oxygen atoms in total. The smallest absolute Gasteiger partial charge is 0.257 e. The van der Waals surface area contributed by atoms with E-state index in [4.69, 9.17) is 11.6 Å². The van der Waals surface area contributed by atoms with Crippen LogP contribution in [0.2, 0.25) is 5.02 Å². The van der Waals surface area contributed by atoms with Gasteiger partial charge in [-0.1, -0.05) is 42.8 Å². The lowest BCUT2D eigenvalue weighted by Crippen LogP contribution is -2.28. The first-order chi connectivity index (χ1) is 14.6. The number of carbonyl (C=O) groups is 1.